The Balaban J connectivity index is 1.73. The van der Waals surface area contributed by atoms with Crippen LogP contribution in [0.4, 0.5) is 5.69 Å². The summed E-state index contributed by atoms with van der Waals surface area (Å²) in [6, 6.07) is 5.55. The Morgan fingerprint density at radius 1 is 1.39 bits per heavy atom. The van der Waals surface area contributed by atoms with Gasteiger partial charge in [0.05, 0.1) is 30.9 Å². The number of amides is 2. The number of aliphatic hydroxyl groups is 1. The number of hydrogen-bond donors (Lipinski definition) is 2. The number of carbonyl (C=O) groups excluding carboxylic acids is 2. The molecule has 1 spiro atoms. The minimum absolute atomic E-state index is 0.0496. The van der Waals surface area contributed by atoms with Gasteiger partial charge in [-0.1, -0.05) is 22.9 Å². The van der Waals surface area contributed by atoms with Gasteiger partial charge < -0.3 is 24.4 Å². The zero-order chi connectivity index (χ0) is 22.7. The molecule has 0 aromatic heterocycles. The molecule has 2 amide bonds. The van der Waals surface area contributed by atoms with Crippen molar-refractivity contribution in [1.82, 2.24) is 4.90 Å². The van der Waals surface area contributed by atoms with Crippen molar-refractivity contribution in [3.8, 4) is 0 Å². The van der Waals surface area contributed by atoms with E-state index in [1.807, 2.05) is 38.2 Å². The van der Waals surface area contributed by atoms with Gasteiger partial charge in [-0.15, -0.1) is 0 Å². The predicted molar refractivity (Wildman–Crippen MR) is 123 cm³/mol. The van der Waals surface area contributed by atoms with E-state index in [0.717, 1.165) is 28.6 Å². The van der Waals surface area contributed by atoms with Crippen molar-refractivity contribution in [3.05, 3.63) is 28.2 Å². The number of aliphatic hydroxyl groups excluding tert-OH is 1. The first-order chi connectivity index (χ1) is 14.5. The maximum absolute atomic E-state index is 13.6. The first-order valence-electron chi connectivity index (χ1n) is 10.9. The van der Waals surface area contributed by atoms with E-state index in [0.29, 0.717) is 6.54 Å². The number of fused-ring (bicyclic) bond motifs is 2. The Hall–Kier alpha value is -1.26. The molecule has 31 heavy (non-hydrogen) atoms. The molecule has 0 bridgehead atoms. The van der Waals surface area contributed by atoms with Crippen molar-refractivity contribution in [2.24, 2.45) is 5.92 Å². The fraction of sp³-hybridized carbons (Fsp3) is 0.636. The van der Waals surface area contributed by atoms with E-state index < -0.39 is 20.0 Å². The van der Waals surface area contributed by atoms with Crippen molar-refractivity contribution in [2.75, 3.05) is 25.1 Å². The summed E-state index contributed by atoms with van der Waals surface area (Å²) in [4.78, 5) is 41.3. The average molecular weight is 511 g/mol. The summed E-state index contributed by atoms with van der Waals surface area (Å²) in [5.74, 6) is -0.516. The highest BCUT2D eigenvalue weighted by atomic mass is 79.9. The van der Waals surface area contributed by atoms with Crippen LogP contribution in [0.2, 0.25) is 18.6 Å². The molecule has 4 rings (SSSR count). The summed E-state index contributed by atoms with van der Waals surface area (Å²) in [5, 5.41) is 9.62. The Morgan fingerprint density at radius 2 is 2.10 bits per heavy atom. The second-order valence-electron chi connectivity index (χ2n) is 9.66. The van der Waals surface area contributed by atoms with Gasteiger partial charge in [-0.05, 0) is 44.1 Å². The van der Waals surface area contributed by atoms with E-state index in [4.69, 9.17) is 4.74 Å². The maximum atomic E-state index is 13.6. The third-order valence-electron chi connectivity index (χ3n) is 7.36. The van der Waals surface area contributed by atoms with Crippen LogP contribution in [0.5, 0.6) is 0 Å². The smallest absolute Gasteiger partial charge is 0.264 e. The van der Waals surface area contributed by atoms with Gasteiger partial charge in [0.1, 0.15) is 0 Å². The van der Waals surface area contributed by atoms with Crippen molar-refractivity contribution < 1.29 is 24.2 Å². The molecular formula is C22H31BrN2O5Si. The number of nitrogens with zero attached hydrogens (tertiary/aromatic N) is 2. The van der Waals surface area contributed by atoms with E-state index in [9.17, 15) is 19.5 Å². The first-order valence-corrected chi connectivity index (χ1v) is 14.7. The molecule has 7 nitrogen and oxygen atoms in total. The van der Waals surface area contributed by atoms with E-state index in [1.54, 1.807) is 16.8 Å². The molecular weight excluding hydrogens is 480 g/mol. The summed E-state index contributed by atoms with van der Waals surface area (Å²) in [5.41, 5.74) is 0.0872. The van der Waals surface area contributed by atoms with Gasteiger partial charge in [0.25, 0.3) is 5.91 Å². The highest BCUT2D eigenvalue weighted by Gasteiger charge is 2.66. The third-order valence-corrected chi connectivity index (χ3v) is 10.4. The highest BCUT2D eigenvalue weighted by Crippen LogP contribution is 2.59. The van der Waals surface area contributed by atoms with Crippen molar-refractivity contribution in [2.45, 2.75) is 62.6 Å². The molecule has 0 unspecified atom stereocenters. The minimum atomic E-state index is -2.79. The van der Waals surface area contributed by atoms with E-state index >= 15 is 0 Å². The van der Waals surface area contributed by atoms with Crippen LogP contribution in [-0.2, 0) is 19.9 Å². The number of likely N-dealkylation sites (N-methyl/N-ethyl adjacent to an activating group) is 1. The van der Waals surface area contributed by atoms with Gasteiger partial charge in [0.2, 0.25) is 5.91 Å². The zero-order valence-electron chi connectivity index (χ0n) is 18.5. The number of rotatable bonds is 4. The molecule has 2 fully saturated rings. The van der Waals surface area contributed by atoms with Crippen molar-refractivity contribution in [3.63, 3.8) is 0 Å². The van der Waals surface area contributed by atoms with Gasteiger partial charge >= 0.3 is 0 Å². The second-order valence-corrected chi connectivity index (χ2v) is 14.5. The molecule has 2 saturated heterocycles. The number of anilines is 1. The fourth-order valence-corrected chi connectivity index (χ4v) is 8.91. The monoisotopic (exact) mass is 510 g/mol. The van der Waals surface area contributed by atoms with Gasteiger partial charge in [0.15, 0.2) is 13.9 Å². The molecule has 3 aliphatic rings. The lowest BCUT2D eigenvalue weighted by Crippen LogP contribution is -2.45. The molecule has 9 heteroatoms. The summed E-state index contributed by atoms with van der Waals surface area (Å²) < 4.78 is 7.43. The van der Waals surface area contributed by atoms with Crippen LogP contribution in [0, 0.1) is 5.92 Å². The fourth-order valence-electron chi connectivity index (χ4n) is 6.00. The predicted octanol–water partition coefficient (Wildman–Crippen LogP) is 2.60. The summed E-state index contributed by atoms with van der Waals surface area (Å²) in [7, 11) is -1.05. The maximum Gasteiger partial charge on any atom is 0.264 e. The number of hydrogen-bond acceptors (Lipinski definition) is 5. The van der Waals surface area contributed by atoms with Gasteiger partial charge in [-0.25, -0.2) is 0 Å². The third kappa shape index (κ3) is 3.49. The van der Waals surface area contributed by atoms with E-state index in [-0.39, 0.29) is 42.3 Å². The Bertz CT molecular complexity index is 906. The van der Waals surface area contributed by atoms with Crippen molar-refractivity contribution >= 4 is 41.7 Å². The van der Waals surface area contributed by atoms with Crippen molar-refractivity contribution in [1.29, 1.82) is 0 Å². The van der Waals surface area contributed by atoms with Crippen LogP contribution in [0.1, 0.15) is 31.7 Å². The average Bonchev–Trinajstić information content (AvgIpc) is 3.33. The molecule has 2 N–H and O–H groups in total. The molecule has 0 radical (unpaired) electrons. The molecule has 170 valence electrons. The summed E-state index contributed by atoms with van der Waals surface area (Å²) in [6.45, 7) is 6.25. The Labute approximate surface area is 192 Å². The Morgan fingerprint density at radius 3 is 2.74 bits per heavy atom. The summed E-state index contributed by atoms with van der Waals surface area (Å²) >= 11 is 3.51. The van der Waals surface area contributed by atoms with Crippen LogP contribution in [0.25, 0.3) is 0 Å². The lowest BCUT2D eigenvalue weighted by atomic mass is 9.82. The molecule has 1 aromatic rings. The van der Waals surface area contributed by atoms with Crippen LogP contribution in [0.15, 0.2) is 22.7 Å². The van der Waals surface area contributed by atoms with E-state index in [1.165, 1.54) is 0 Å². The lowest BCUT2D eigenvalue weighted by molar-refractivity contribution is -0.149. The minimum Gasteiger partial charge on any atom is -0.432 e. The number of halogens is 1. The van der Waals surface area contributed by atoms with Gasteiger partial charge in [0, 0.05) is 35.1 Å². The standard InChI is InChI=1S/C22H31BrN2O5Si/c1-13-20(31(3,4)29)18(11-19(27)25-9-5-6-15(25)12-26)30-22(13)16-10-14(23)7-8-17(16)24(2)21(22)28/h7-8,10,13,15,18,20,26,29H,5-6,9,11-12H2,1-4H3/t13-,15-,18+,20-,22+/m0/s1. The van der Waals surface area contributed by atoms with E-state index in [2.05, 4.69) is 15.9 Å². The van der Waals surface area contributed by atoms with Gasteiger partial charge in [-0.2, -0.15) is 0 Å². The second kappa shape index (κ2) is 7.95. The first kappa shape index (κ1) is 22.9. The topological polar surface area (TPSA) is 90.3 Å². The largest absolute Gasteiger partial charge is 0.432 e. The van der Waals surface area contributed by atoms with Gasteiger partial charge in [-0.3, -0.25) is 9.59 Å². The Kier molecular flexibility index (Phi) is 5.88. The molecule has 1 aromatic carbocycles. The lowest BCUT2D eigenvalue weighted by Gasteiger charge is -2.32. The SMILES string of the molecule is C[C@H]1[C@H]([Si](C)(C)O)[C@@H](CC(=O)N2CCC[C@H]2CO)O[C@]12C(=O)N(C)c1ccc(Br)cc12. The van der Waals surface area contributed by atoms with Crippen LogP contribution in [0.3, 0.4) is 0 Å². The molecule has 0 saturated carbocycles. The zero-order valence-corrected chi connectivity index (χ0v) is 21.1. The number of likely N-dealkylation sites (tertiary alicyclic amines) is 1. The summed E-state index contributed by atoms with van der Waals surface area (Å²) in [6.07, 6.45) is 1.21. The molecule has 5 atom stereocenters. The molecule has 3 aliphatic heterocycles. The number of benzene rings is 1. The van der Waals surface area contributed by atoms with Crippen LogP contribution >= 0.6 is 15.9 Å². The normalized spacial score (nSPS) is 32.9. The van der Waals surface area contributed by atoms with Crippen LogP contribution in [-0.4, -0.2) is 67.3 Å². The molecule has 0 aliphatic carbocycles. The number of carbonyl (C=O) groups is 2. The number of ether oxygens (including phenoxy) is 1. The quantitative estimate of drug-likeness (QED) is 0.607. The highest BCUT2D eigenvalue weighted by molar-refractivity contribution is 9.10. The van der Waals surface area contributed by atoms with Crippen LogP contribution < -0.4 is 4.90 Å². The molecule has 3 heterocycles.